The van der Waals surface area contributed by atoms with E-state index in [1.165, 1.54) is 0 Å². The van der Waals surface area contributed by atoms with Gasteiger partial charge in [-0.25, -0.2) is 0 Å². The number of aromatic nitrogens is 2. The van der Waals surface area contributed by atoms with Crippen LogP contribution in [0.2, 0.25) is 0 Å². The first-order valence-electron chi connectivity index (χ1n) is 3.42. The van der Waals surface area contributed by atoms with Gasteiger partial charge in [0.25, 0.3) is 5.24 Å². The maximum Gasteiger partial charge on any atom is 0.273 e. The van der Waals surface area contributed by atoms with Crippen LogP contribution in [0, 0.1) is 0 Å². The Morgan fingerprint density at radius 2 is 2.17 bits per heavy atom. The van der Waals surface area contributed by atoms with Crippen molar-refractivity contribution in [3.8, 4) is 0 Å². The molecule has 1 aromatic carbocycles. The smallest absolute Gasteiger partial charge is 0.273 e. The summed E-state index contributed by atoms with van der Waals surface area (Å²) < 4.78 is 0. The predicted molar refractivity (Wildman–Crippen MR) is 46.3 cm³/mol. The number of nitrogens with zero attached hydrogens (tertiary/aromatic N) is 1. The highest BCUT2D eigenvalue weighted by molar-refractivity contribution is 6.68. The van der Waals surface area contributed by atoms with Crippen LogP contribution in [-0.2, 0) is 0 Å². The highest BCUT2D eigenvalue weighted by atomic mass is 35.5. The highest BCUT2D eigenvalue weighted by Crippen LogP contribution is 2.16. The van der Waals surface area contributed by atoms with Crippen LogP contribution in [-0.4, -0.2) is 15.4 Å². The number of H-pyrrole nitrogens is 1. The number of benzene rings is 1. The Morgan fingerprint density at radius 3 is 2.92 bits per heavy atom. The fourth-order valence-electron chi connectivity index (χ4n) is 1.11. The lowest BCUT2D eigenvalue weighted by Crippen LogP contribution is -1.88. The zero-order valence-electron chi connectivity index (χ0n) is 6.04. The van der Waals surface area contributed by atoms with E-state index in [2.05, 4.69) is 10.2 Å². The van der Waals surface area contributed by atoms with Gasteiger partial charge >= 0.3 is 0 Å². The molecular weight excluding hydrogens is 176 g/mol. The minimum absolute atomic E-state index is 0.285. The van der Waals surface area contributed by atoms with E-state index < -0.39 is 5.24 Å². The topological polar surface area (TPSA) is 45.8 Å². The fourth-order valence-corrected chi connectivity index (χ4v) is 1.26. The van der Waals surface area contributed by atoms with Crippen molar-refractivity contribution >= 4 is 27.7 Å². The molecular formula is C8H5ClN2O. The summed E-state index contributed by atoms with van der Waals surface area (Å²) in [5, 5.41) is 6.73. The van der Waals surface area contributed by atoms with Crippen molar-refractivity contribution in [1.82, 2.24) is 10.2 Å². The molecule has 1 N–H and O–H groups in total. The molecule has 2 aromatic rings. The second kappa shape index (κ2) is 2.60. The van der Waals surface area contributed by atoms with Crippen molar-refractivity contribution in [2.24, 2.45) is 0 Å². The summed E-state index contributed by atoms with van der Waals surface area (Å²) >= 11 is 5.30. The molecule has 1 aromatic heterocycles. The largest absolute Gasteiger partial charge is 0.277 e. The molecule has 1 heterocycles. The molecule has 0 fully saturated rings. The summed E-state index contributed by atoms with van der Waals surface area (Å²) in [5.41, 5.74) is 1.11. The first-order chi connectivity index (χ1) is 5.79. The molecule has 60 valence electrons. The molecule has 2 rings (SSSR count). The first kappa shape index (κ1) is 7.31. The Labute approximate surface area is 73.3 Å². The lowest BCUT2D eigenvalue weighted by atomic mass is 10.2. The molecule has 0 bridgehead atoms. The Kier molecular flexibility index (Phi) is 1.59. The van der Waals surface area contributed by atoms with Gasteiger partial charge in [-0.05, 0) is 17.7 Å². The van der Waals surface area contributed by atoms with Gasteiger partial charge in [0.05, 0.1) is 5.52 Å². The third-order valence-electron chi connectivity index (χ3n) is 1.66. The zero-order chi connectivity index (χ0) is 8.55. The SMILES string of the molecule is O=C(Cl)c1n[nH]c2ccccc12. The fraction of sp³-hybridized carbons (Fsp3) is 0. The summed E-state index contributed by atoms with van der Waals surface area (Å²) in [4.78, 5) is 10.8. The van der Waals surface area contributed by atoms with Gasteiger partial charge in [-0.2, -0.15) is 5.10 Å². The van der Waals surface area contributed by atoms with Gasteiger partial charge in [0, 0.05) is 5.39 Å². The normalized spacial score (nSPS) is 10.4. The van der Waals surface area contributed by atoms with Gasteiger partial charge in [0.2, 0.25) is 0 Å². The Bertz CT molecular complexity index is 435. The number of rotatable bonds is 1. The van der Waals surface area contributed by atoms with E-state index in [0.717, 1.165) is 10.9 Å². The van der Waals surface area contributed by atoms with E-state index in [9.17, 15) is 4.79 Å². The lowest BCUT2D eigenvalue weighted by Gasteiger charge is -1.86. The van der Waals surface area contributed by atoms with Crippen molar-refractivity contribution < 1.29 is 4.79 Å². The average Bonchev–Trinajstić information content (AvgIpc) is 2.47. The molecule has 12 heavy (non-hydrogen) atoms. The second-order valence-corrected chi connectivity index (χ2v) is 2.73. The molecule has 0 atom stereocenters. The van der Waals surface area contributed by atoms with E-state index in [-0.39, 0.29) is 5.69 Å². The van der Waals surface area contributed by atoms with E-state index in [1.54, 1.807) is 6.07 Å². The summed E-state index contributed by atoms with van der Waals surface area (Å²) in [6, 6.07) is 7.34. The van der Waals surface area contributed by atoms with Crippen LogP contribution in [0.3, 0.4) is 0 Å². The molecule has 0 radical (unpaired) electrons. The van der Waals surface area contributed by atoms with Crippen molar-refractivity contribution in [1.29, 1.82) is 0 Å². The van der Waals surface area contributed by atoms with Crippen molar-refractivity contribution in [2.75, 3.05) is 0 Å². The number of nitrogens with one attached hydrogen (secondary N) is 1. The molecule has 0 unspecified atom stereocenters. The van der Waals surface area contributed by atoms with Gasteiger partial charge in [-0.3, -0.25) is 9.89 Å². The quantitative estimate of drug-likeness (QED) is 0.682. The number of halogens is 1. The highest BCUT2D eigenvalue weighted by Gasteiger charge is 2.09. The average molecular weight is 181 g/mol. The molecule has 0 aliphatic heterocycles. The van der Waals surface area contributed by atoms with Gasteiger partial charge < -0.3 is 0 Å². The monoisotopic (exact) mass is 180 g/mol. The Morgan fingerprint density at radius 1 is 1.42 bits per heavy atom. The van der Waals surface area contributed by atoms with E-state index in [4.69, 9.17) is 11.6 Å². The van der Waals surface area contributed by atoms with Crippen LogP contribution >= 0.6 is 11.6 Å². The number of hydrogen-bond donors (Lipinski definition) is 1. The summed E-state index contributed by atoms with van der Waals surface area (Å²) in [5.74, 6) is 0. The van der Waals surface area contributed by atoms with Gasteiger partial charge in [0.1, 0.15) is 0 Å². The van der Waals surface area contributed by atoms with Crippen molar-refractivity contribution in [2.45, 2.75) is 0 Å². The van der Waals surface area contributed by atoms with Gasteiger partial charge in [-0.15, -0.1) is 0 Å². The molecule has 0 spiro atoms. The van der Waals surface area contributed by atoms with E-state index >= 15 is 0 Å². The lowest BCUT2D eigenvalue weighted by molar-refractivity contribution is 0.107. The second-order valence-electron chi connectivity index (χ2n) is 2.39. The number of hydrogen-bond acceptors (Lipinski definition) is 2. The Hall–Kier alpha value is -1.35. The summed E-state index contributed by atoms with van der Waals surface area (Å²) in [6.45, 7) is 0. The third kappa shape index (κ3) is 0.987. The molecule has 0 saturated carbocycles. The van der Waals surface area contributed by atoms with Crippen LogP contribution in [0.5, 0.6) is 0 Å². The summed E-state index contributed by atoms with van der Waals surface area (Å²) in [6.07, 6.45) is 0. The van der Waals surface area contributed by atoms with Crippen LogP contribution in [0.25, 0.3) is 10.9 Å². The molecule has 0 aliphatic carbocycles. The minimum Gasteiger partial charge on any atom is -0.277 e. The van der Waals surface area contributed by atoms with E-state index in [0.29, 0.717) is 0 Å². The number of carbonyl (C=O) groups excluding carboxylic acids is 1. The molecule has 0 saturated heterocycles. The first-order valence-corrected chi connectivity index (χ1v) is 3.80. The number of para-hydroxylation sites is 1. The molecule has 4 heteroatoms. The van der Waals surface area contributed by atoms with Crippen molar-refractivity contribution in [3.63, 3.8) is 0 Å². The number of fused-ring (bicyclic) bond motifs is 1. The minimum atomic E-state index is -0.535. The zero-order valence-corrected chi connectivity index (χ0v) is 6.80. The van der Waals surface area contributed by atoms with Gasteiger partial charge in [-0.1, -0.05) is 18.2 Å². The maximum absolute atomic E-state index is 10.8. The van der Waals surface area contributed by atoms with Crippen LogP contribution in [0.15, 0.2) is 24.3 Å². The number of carbonyl (C=O) groups is 1. The van der Waals surface area contributed by atoms with Crippen LogP contribution in [0.1, 0.15) is 10.5 Å². The standard InChI is InChI=1S/C8H5ClN2O/c9-8(12)7-5-3-1-2-4-6(5)10-11-7/h1-4H,(H,10,11). The predicted octanol–water partition coefficient (Wildman–Crippen LogP) is 1.94. The van der Waals surface area contributed by atoms with Crippen LogP contribution in [0.4, 0.5) is 0 Å². The Balaban J connectivity index is 2.79. The van der Waals surface area contributed by atoms with Gasteiger partial charge in [0.15, 0.2) is 5.69 Å². The van der Waals surface area contributed by atoms with Crippen molar-refractivity contribution in [3.05, 3.63) is 30.0 Å². The molecule has 0 amide bonds. The summed E-state index contributed by atoms with van der Waals surface area (Å²) in [7, 11) is 0. The maximum atomic E-state index is 10.8. The van der Waals surface area contributed by atoms with Crippen LogP contribution < -0.4 is 0 Å². The van der Waals surface area contributed by atoms with E-state index in [1.807, 2.05) is 18.2 Å². The molecule has 0 aliphatic rings. The third-order valence-corrected chi connectivity index (χ3v) is 1.84. The molecule has 3 nitrogen and oxygen atoms in total. The number of aromatic amines is 1.